The van der Waals surface area contributed by atoms with Crippen LogP contribution in [0, 0.1) is 0 Å². The normalized spacial score (nSPS) is 22.2. The lowest BCUT2D eigenvalue weighted by atomic mass is 9.88. The summed E-state index contributed by atoms with van der Waals surface area (Å²) in [7, 11) is 0. The molecule has 132 valence electrons. The van der Waals surface area contributed by atoms with Gasteiger partial charge in [-0.15, -0.1) is 0 Å². The number of hydrogen-bond donors (Lipinski definition) is 1. The third kappa shape index (κ3) is 3.43. The van der Waals surface area contributed by atoms with E-state index in [9.17, 15) is 4.79 Å². The fourth-order valence-corrected chi connectivity index (χ4v) is 3.89. The third-order valence-corrected chi connectivity index (χ3v) is 5.14. The number of nitrogens with one attached hydrogen (secondary N) is 1. The Labute approximate surface area is 147 Å². The van der Waals surface area contributed by atoms with Crippen molar-refractivity contribution in [2.45, 2.75) is 37.5 Å². The maximum atomic E-state index is 13.0. The van der Waals surface area contributed by atoms with Gasteiger partial charge in [-0.25, -0.2) is 9.67 Å². The van der Waals surface area contributed by atoms with Gasteiger partial charge < -0.3 is 15.0 Å². The van der Waals surface area contributed by atoms with E-state index in [-0.39, 0.29) is 24.1 Å². The first kappa shape index (κ1) is 16.2. The fraction of sp³-hybridized carbons (Fsp3) is 0.500. The van der Waals surface area contributed by atoms with Gasteiger partial charge in [0.2, 0.25) is 5.91 Å². The van der Waals surface area contributed by atoms with E-state index >= 15 is 0 Å². The molecule has 0 aliphatic carbocycles. The van der Waals surface area contributed by atoms with Gasteiger partial charge in [-0.3, -0.25) is 4.79 Å². The zero-order valence-electron chi connectivity index (χ0n) is 14.2. The van der Waals surface area contributed by atoms with Crippen LogP contribution in [0.25, 0.3) is 0 Å². The molecule has 4 rings (SSSR count). The molecule has 0 bridgehead atoms. The summed E-state index contributed by atoms with van der Waals surface area (Å²) in [6.07, 6.45) is 5.91. The fourth-order valence-electron chi connectivity index (χ4n) is 3.89. The second-order valence-corrected chi connectivity index (χ2v) is 6.79. The van der Waals surface area contributed by atoms with E-state index in [0.717, 1.165) is 38.0 Å². The van der Waals surface area contributed by atoms with Gasteiger partial charge in [0.05, 0.1) is 18.2 Å². The van der Waals surface area contributed by atoms with Gasteiger partial charge in [-0.2, -0.15) is 5.10 Å². The minimum Gasteiger partial charge on any atom is -0.373 e. The molecule has 3 heterocycles. The highest BCUT2D eigenvalue weighted by Gasteiger charge is 2.44. The number of amides is 1. The van der Waals surface area contributed by atoms with Crippen molar-refractivity contribution in [3.05, 3.63) is 43.0 Å². The molecular weight excluding hydrogens is 318 g/mol. The highest BCUT2D eigenvalue weighted by Crippen LogP contribution is 2.37. The van der Waals surface area contributed by atoms with Crippen LogP contribution in [0.3, 0.4) is 0 Å². The summed E-state index contributed by atoms with van der Waals surface area (Å²) in [5, 5.41) is 7.45. The van der Waals surface area contributed by atoms with Crippen molar-refractivity contribution in [2.75, 3.05) is 24.6 Å². The molecule has 7 nitrogen and oxygen atoms in total. The second-order valence-electron chi connectivity index (χ2n) is 6.79. The van der Waals surface area contributed by atoms with Crippen molar-refractivity contribution in [3.63, 3.8) is 0 Å². The molecule has 2 saturated heterocycles. The lowest BCUT2D eigenvalue weighted by molar-refractivity contribution is -0.119. The molecule has 0 saturated carbocycles. The van der Waals surface area contributed by atoms with E-state index in [0.29, 0.717) is 6.61 Å². The lowest BCUT2D eigenvalue weighted by Crippen LogP contribution is -2.45. The summed E-state index contributed by atoms with van der Waals surface area (Å²) in [5.74, 6) is 0.0104. The monoisotopic (exact) mass is 341 g/mol. The van der Waals surface area contributed by atoms with Gasteiger partial charge in [0, 0.05) is 5.69 Å². The van der Waals surface area contributed by atoms with Gasteiger partial charge in [-0.05, 0) is 44.5 Å². The van der Waals surface area contributed by atoms with Crippen molar-refractivity contribution >= 4 is 11.6 Å². The summed E-state index contributed by atoms with van der Waals surface area (Å²) in [5.41, 5.74) is 0.823. The first-order valence-electron chi connectivity index (χ1n) is 8.80. The lowest BCUT2D eigenvalue weighted by Gasteiger charge is -2.34. The van der Waals surface area contributed by atoms with E-state index in [1.807, 2.05) is 35.2 Å². The van der Waals surface area contributed by atoms with E-state index in [2.05, 4.69) is 15.4 Å². The molecule has 25 heavy (non-hydrogen) atoms. The Balaban J connectivity index is 1.56. The predicted molar refractivity (Wildman–Crippen MR) is 93.1 cm³/mol. The summed E-state index contributed by atoms with van der Waals surface area (Å²) >= 11 is 0. The van der Waals surface area contributed by atoms with Crippen LogP contribution >= 0.6 is 0 Å². The van der Waals surface area contributed by atoms with E-state index in [1.165, 1.54) is 6.33 Å². The van der Waals surface area contributed by atoms with Gasteiger partial charge in [0.25, 0.3) is 0 Å². The standard InChI is InChI=1S/C18H23N5O2/c24-17(11-22-14-20-13-21-22)23(15-4-2-1-3-5-15)16-10-18(25-12-16)6-8-19-9-7-18/h1-5,13-14,16,19H,6-12H2. The SMILES string of the molecule is O=C(Cn1cncn1)N(c1ccccc1)C1COC2(CCNCC2)C1. The molecule has 2 fully saturated rings. The summed E-state index contributed by atoms with van der Waals surface area (Å²) < 4.78 is 7.78. The topological polar surface area (TPSA) is 72.3 Å². The summed E-state index contributed by atoms with van der Waals surface area (Å²) in [6.45, 7) is 2.72. The van der Waals surface area contributed by atoms with Crippen LogP contribution in [-0.2, 0) is 16.1 Å². The molecule has 1 aromatic carbocycles. The number of para-hydroxylation sites is 1. The number of anilines is 1. The molecule has 1 N–H and O–H groups in total. The number of benzene rings is 1. The van der Waals surface area contributed by atoms with Crippen LogP contribution in [0.1, 0.15) is 19.3 Å². The number of carbonyl (C=O) groups is 1. The third-order valence-electron chi connectivity index (χ3n) is 5.14. The Bertz CT molecular complexity index is 698. The number of carbonyl (C=O) groups excluding carboxylic acids is 1. The van der Waals surface area contributed by atoms with E-state index in [4.69, 9.17) is 4.74 Å². The Kier molecular flexibility index (Phi) is 4.50. The minimum absolute atomic E-state index is 0.0104. The largest absolute Gasteiger partial charge is 0.373 e. The van der Waals surface area contributed by atoms with Gasteiger partial charge >= 0.3 is 0 Å². The van der Waals surface area contributed by atoms with Crippen LogP contribution in [-0.4, -0.2) is 52.0 Å². The van der Waals surface area contributed by atoms with Crippen molar-refractivity contribution in [3.8, 4) is 0 Å². The zero-order valence-corrected chi connectivity index (χ0v) is 14.2. The Morgan fingerprint density at radius 3 is 2.84 bits per heavy atom. The van der Waals surface area contributed by atoms with Crippen molar-refractivity contribution in [1.29, 1.82) is 0 Å². The first-order chi connectivity index (χ1) is 12.3. The molecule has 1 aromatic heterocycles. The number of rotatable bonds is 4. The summed E-state index contributed by atoms with van der Waals surface area (Å²) in [4.78, 5) is 18.8. The van der Waals surface area contributed by atoms with Crippen molar-refractivity contribution in [1.82, 2.24) is 20.1 Å². The molecule has 7 heteroatoms. The van der Waals surface area contributed by atoms with Crippen LogP contribution in [0.2, 0.25) is 0 Å². The zero-order chi connectivity index (χ0) is 17.1. The smallest absolute Gasteiger partial charge is 0.249 e. The number of nitrogens with zero attached hydrogens (tertiary/aromatic N) is 4. The van der Waals surface area contributed by atoms with Crippen LogP contribution in [0.15, 0.2) is 43.0 Å². The number of piperidine rings is 1. The van der Waals surface area contributed by atoms with Crippen LogP contribution in [0.5, 0.6) is 0 Å². The van der Waals surface area contributed by atoms with Gasteiger partial charge in [-0.1, -0.05) is 18.2 Å². The van der Waals surface area contributed by atoms with Crippen molar-refractivity contribution in [2.24, 2.45) is 0 Å². The van der Waals surface area contributed by atoms with Gasteiger partial charge in [0.1, 0.15) is 19.2 Å². The molecule has 1 unspecified atom stereocenters. The molecule has 2 aromatic rings. The molecule has 1 atom stereocenters. The van der Waals surface area contributed by atoms with Crippen molar-refractivity contribution < 1.29 is 9.53 Å². The number of hydrogen-bond acceptors (Lipinski definition) is 5. The van der Waals surface area contributed by atoms with Crippen LogP contribution < -0.4 is 10.2 Å². The van der Waals surface area contributed by atoms with E-state index in [1.54, 1.807) is 11.0 Å². The highest BCUT2D eigenvalue weighted by molar-refractivity contribution is 5.93. The Morgan fingerprint density at radius 2 is 2.12 bits per heavy atom. The Morgan fingerprint density at radius 1 is 1.32 bits per heavy atom. The molecular formula is C18H23N5O2. The van der Waals surface area contributed by atoms with Gasteiger partial charge in [0.15, 0.2) is 0 Å². The summed E-state index contributed by atoms with van der Waals surface area (Å²) in [6, 6.07) is 9.89. The molecule has 2 aliphatic heterocycles. The van der Waals surface area contributed by atoms with E-state index < -0.39 is 0 Å². The first-order valence-corrected chi connectivity index (χ1v) is 8.80. The second kappa shape index (κ2) is 6.93. The maximum absolute atomic E-state index is 13.0. The van der Waals surface area contributed by atoms with Crippen LogP contribution in [0.4, 0.5) is 5.69 Å². The number of aromatic nitrogens is 3. The maximum Gasteiger partial charge on any atom is 0.249 e. The Hall–Kier alpha value is -2.25. The average Bonchev–Trinajstić information content (AvgIpc) is 3.28. The molecule has 0 radical (unpaired) electrons. The quantitative estimate of drug-likeness (QED) is 0.905. The molecule has 1 spiro atoms. The number of ether oxygens (including phenoxy) is 1. The molecule has 2 aliphatic rings. The average molecular weight is 341 g/mol. The molecule has 1 amide bonds. The minimum atomic E-state index is -0.0868. The highest BCUT2D eigenvalue weighted by atomic mass is 16.5. The predicted octanol–water partition coefficient (Wildman–Crippen LogP) is 1.22.